The highest BCUT2D eigenvalue weighted by molar-refractivity contribution is 6.00. The van der Waals surface area contributed by atoms with Crippen LogP contribution in [0.15, 0.2) is 18.2 Å². The van der Waals surface area contributed by atoms with Crippen molar-refractivity contribution in [2.24, 2.45) is 0 Å². The average Bonchev–Trinajstić information content (AvgIpc) is 2.59. The molecule has 0 radical (unpaired) electrons. The minimum absolute atomic E-state index is 0.0461. The average molecular weight is 369 g/mol. The Morgan fingerprint density at radius 2 is 1.92 bits per heavy atom. The van der Waals surface area contributed by atoms with Crippen molar-refractivity contribution in [3.8, 4) is 12.3 Å². The number of hydrogen-bond donors (Lipinski definition) is 1. The molecule has 1 aliphatic heterocycles. The number of rotatable bonds is 4. The first-order valence-corrected chi connectivity index (χ1v) is 7.78. The highest BCUT2D eigenvalue weighted by Gasteiger charge is 2.38. The molecule has 0 bridgehead atoms. The summed E-state index contributed by atoms with van der Waals surface area (Å²) in [5.74, 6) is -0.724. The number of carbonyl (C=O) groups excluding carboxylic acids is 2. The summed E-state index contributed by atoms with van der Waals surface area (Å²) in [6.07, 6.45) is 0.0420. The molecule has 1 fully saturated rings. The summed E-state index contributed by atoms with van der Waals surface area (Å²) >= 11 is 0. The number of ether oxygens (including phenoxy) is 1. The molecule has 9 heteroatoms. The number of hydrogen-bond acceptors (Lipinski definition) is 5. The molecule has 1 saturated heterocycles. The SMILES string of the molecule is C#CCOC(=O)c1cc(NC(=O)C(F)(F)F)ccc1N1CCN(C)CC1. The normalized spacial score (nSPS) is 15.3. The molecule has 6 nitrogen and oxygen atoms in total. The number of anilines is 2. The summed E-state index contributed by atoms with van der Waals surface area (Å²) in [5, 5.41) is 1.73. The number of halogens is 3. The van der Waals surface area contributed by atoms with Gasteiger partial charge in [0.05, 0.1) is 11.3 Å². The zero-order valence-electron chi connectivity index (χ0n) is 14.1. The van der Waals surface area contributed by atoms with E-state index in [4.69, 9.17) is 11.2 Å². The predicted octanol–water partition coefficient (Wildman–Crippen LogP) is 1.73. The first-order chi connectivity index (χ1) is 12.2. The van der Waals surface area contributed by atoms with Crippen molar-refractivity contribution < 1.29 is 27.5 Å². The van der Waals surface area contributed by atoms with Crippen LogP contribution in [0.1, 0.15) is 10.4 Å². The number of esters is 1. The quantitative estimate of drug-likeness (QED) is 0.647. The molecule has 0 saturated carbocycles. The van der Waals surface area contributed by atoms with Crippen molar-refractivity contribution in [3.63, 3.8) is 0 Å². The molecule has 1 aromatic rings. The first-order valence-electron chi connectivity index (χ1n) is 7.78. The molecular weight excluding hydrogens is 351 g/mol. The van der Waals surface area contributed by atoms with Gasteiger partial charge in [0.1, 0.15) is 0 Å². The molecule has 26 heavy (non-hydrogen) atoms. The van der Waals surface area contributed by atoms with Gasteiger partial charge in [-0.05, 0) is 25.2 Å². The maximum Gasteiger partial charge on any atom is 0.471 e. The lowest BCUT2D eigenvalue weighted by atomic mass is 10.1. The van der Waals surface area contributed by atoms with Gasteiger partial charge in [0.15, 0.2) is 6.61 Å². The van der Waals surface area contributed by atoms with Gasteiger partial charge in [-0.1, -0.05) is 5.92 Å². The summed E-state index contributed by atoms with van der Waals surface area (Å²) in [7, 11) is 1.97. The fourth-order valence-corrected chi connectivity index (χ4v) is 2.49. The Labute approximate surface area is 148 Å². The number of piperazine rings is 1. The van der Waals surface area contributed by atoms with Gasteiger partial charge in [0.2, 0.25) is 0 Å². The van der Waals surface area contributed by atoms with Crippen LogP contribution in [0, 0.1) is 12.3 Å². The zero-order valence-corrected chi connectivity index (χ0v) is 14.1. The lowest BCUT2D eigenvalue weighted by Gasteiger charge is -2.35. The van der Waals surface area contributed by atoms with E-state index < -0.39 is 18.1 Å². The van der Waals surface area contributed by atoms with Gasteiger partial charge in [-0.3, -0.25) is 4.79 Å². The van der Waals surface area contributed by atoms with Crippen LogP contribution in [-0.2, 0) is 9.53 Å². The van der Waals surface area contributed by atoms with E-state index in [2.05, 4.69) is 10.8 Å². The molecule has 1 aliphatic rings. The minimum Gasteiger partial charge on any atom is -0.449 e. The van der Waals surface area contributed by atoms with Crippen LogP contribution >= 0.6 is 0 Å². The van der Waals surface area contributed by atoms with Crippen molar-refractivity contribution >= 4 is 23.3 Å². The van der Waals surface area contributed by atoms with Crippen LogP contribution in [0.3, 0.4) is 0 Å². The van der Waals surface area contributed by atoms with Gasteiger partial charge < -0.3 is 19.9 Å². The van der Waals surface area contributed by atoms with E-state index in [0.717, 1.165) is 19.2 Å². The fourth-order valence-electron chi connectivity index (χ4n) is 2.49. The minimum atomic E-state index is -5.03. The summed E-state index contributed by atoms with van der Waals surface area (Å²) in [6, 6.07) is 3.97. The summed E-state index contributed by atoms with van der Waals surface area (Å²) in [5.41, 5.74) is 0.410. The monoisotopic (exact) mass is 369 g/mol. The van der Waals surface area contributed by atoms with Crippen molar-refractivity contribution in [3.05, 3.63) is 23.8 Å². The number of amides is 1. The van der Waals surface area contributed by atoms with Gasteiger partial charge in [0, 0.05) is 31.9 Å². The number of benzene rings is 1. The zero-order chi connectivity index (χ0) is 19.3. The third-order valence-corrected chi connectivity index (χ3v) is 3.86. The lowest BCUT2D eigenvalue weighted by Crippen LogP contribution is -2.45. The first kappa shape index (κ1) is 19.6. The van der Waals surface area contributed by atoms with Crippen molar-refractivity contribution in [1.29, 1.82) is 0 Å². The van der Waals surface area contributed by atoms with E-state index in [9.17, 15) is 22.8 Å². The Morgan fingerprint density at radius 3 is 2.50 bits per heavy atom. The molecule has 0 aromatic heterocycles. The molecule has 2 rings (SSSR count). The van der Waals surface area contributed by atoms with Crippen LogP contribution < -0.4 is 10.2 Å². The second kappa shape index (κ2) is 8.10. The third kappa shape index (κ3) is 4.89. The molecule has 1 amide bonds. The van der Waals surface area contributed by atoms with E-state index in [-0.39, 0.29) is 17.9 Å². The van der Waals surface area contributed by atoms with Crippen LogP contribution in [0.5, 0.6) is 0 Å². The number of nitrogens with zero attached hydrogens (tertiary/aromatic N) is 2. The van der Waals surface area contributed by atoms with Gasteiger partial charge >= 0.3 is 18.1 Å². The number of nitrogens with one attached hydrogen (secondary N) is 1. The highest BCUT2D eigenvalue weighted by Crippen LogP contribution is 2.27. The van der Waals surface area contributed by atoms with Gasteiger partial charge in [-0.15, -0.1) is 6.42 Å². The topological polar surface area (TPSA) is 61.9 Å². The van der Waals surface area contributed by atoms with Crippen LogP contribution in [-0.4, -0.2) is 62.8 Å². The van der Waals surface area contributed by atoms with E-state index in [0.29, 0.717) is 18.8 Å². The number of terminal acetylenes is 1. The molecule has 0 atom stereocenters. The number of alkyl halides is 3. The van der Waals surface area contributed by atoms with E-state index in [1.54, 1.807) is 5.32 Å². The number of likely N-dealkylation sites (N-methyl/N-ethyl adjacent to an activating group) is 1. The third-order valence-electron chi connectivity index (χ3n) is 3.86. The lowest BCUT2D eigenvalue weighted by molar-refractivity contribution is -0.167. The van der Waals surface area contributed by atoms with Crippen LogP contribution in [0.25, 0.3) is 0 Å². The molecule has 1 heterocycles. The highest BCUT2D eigenvalue weighted by atomic mass is 19.4. The Kier molecular flexibility index (Phi) is 6.10. The molecular formula is C17H18F3N3O3. The molecule has 0 aliphatic carbocycles. The fraction of sp³-hybridized carbons (Fsp3) is 0.412. The van der Waals surface area contributed by atoms with Crippen LogP contribution in [0.2, 0.25) is 0 Å². The Bertz CT molecular complexity index is 720. The largest absolute Gasteiger partial charge is 0.471 e. The second-order valence-corrected chi connectivity index (χ2v) is 5.75. The standard InChI is InChI=1S/C17H18F3N3O3/c1-3-10-26-15(24)13-11-12(21-16(25)17(18,19)20)4-5-14(13)23-8-6-22(2)7-9-23/h1,4-5,11H,6-10H2,2H3,(H,21,25). The molecule has 140 valence electrons. The van der Waals surface area contributed by atoms with Crippen molar-refractivity contribution in [1.82, 2.24) is 4.90 Å². The Balaban J connectivity index is 2.31. The van der Waals surface area contributed by atoms with Gasteiger partial charge in [0.25, 0.3) is 0 Å². The van der Waals surface area contributed by atoms with E-state index in [1.807, 2.05) is 11.9 Å². The van der Waals surface area contributed by atoms with Gasteiger partial charge in [-0.2, -0.15) is 13.2 Å². The molecule has 0 spiro atoms. The summed E-state index contributed by atoms with van der Waals surface area (Å²) in [6.45, 7) is 2.55. The summed E-state index contributed by atoms with van der Waals surface area (Å²) in [4.78, 5) is 27.4. The van der Waals surface area contributed by atoms with E-state index in [1.165, 1.54) is 12.1 Å². The Morgan fingerprint density at radius 1 is 1.27 bits per heavy atom. The second-order valence-electron chi connectivity index (χ2n) is 5.75. The van der Waals surface area contributed by atoms with E-state index >= 15 is 0 Å². The Hall–Kier alpha value is -2.73. The maximum atomic E-state index is 12.4. The predicted molar refractivity (Wildman–Crippen MR) is 90.0 cm³/mol. The summed E-state index contributed by atoms with van der Waals surface area (Å²) < 4.78 is 42.2. The molecule has 1 N–H and O–H groups in total. The van der Waals surface area contributed by atoms with Gasteiger partial charge in [-0.25, -0.2) is 4.79 Å². The smallest absolute Gasteiger partial charge is 0.449 e. The van der Waals surface area contributed by atoms with Crippen molar-refractivity contribution in [2.45, 2.75) is 6.18 Å². The number of carbonyl (C=O) groups is 2. The molecule has 1 aromatic carbocycles. The molecule has 0 unspecified atom stereocenters. The van der Waals surface area contributed by atoms with Crippen molar-refractivity contribution in [2.75, 3.05) is 50.1 Å². The maximum absolute atomic E-state index is 12.4. The van der Waals surface area contributed by atoms with Crippen LogP contribution in [0.4, 0.5) is 24.5 Å².